The van der Waals surface area contributed by atoms with Crippen LogP contribution in [0.25, 0.3) is 0 Å². The highest BCUT2D eigenvalue weighted by molar-refractivity contribution is 6.11. The number of anilines is 1. The number of methoxy groups -OCH3 is 1. The van der Waals surface area contributed by atoms with Gasteiger partial charge in [0, 0.05) is 6.54 Å². The van der Waals surface area contributed by atoms with Crippen LogP contribution < -0.4 is 15.0 Å². The van der Waals surface area contributed by atoms with Gasteiger partial charge in [-0.1, -0.05) is 56.3 Å². The quantitative estimate of drug-likeness (QED) is 0.751. The average molecular weight is 421 g/mol. The number of benzene rings is 2. The van der Waals surface area contributed by atoms with Crippen LogP contribution in [0.3, 0.4) is 0 Å². The summed E-state index contributed by atoms with van der Waals surface area (Å²) in [4.78, 5) is 42.1. The molecule has 162 valence electrons. The van der Waals surface area contributed by atoms with Crippen molar-refractivity contribution in [3.8, 4) is 5.75 Å². The summed E-state index contributed by atoms with van der Waals surface area (Å²) in [6, 6.07) is 14.3. The van der Waals surface area contributed by atoms with Gasteiger partial charge in [-0.15, -0.1) is 0 Å². The number of amides is 4. The van der Waals surface area contributed by atoms with Gasteiger partial charge in [-0.2, -0.15) is 0 Å². The molecule has 4 rings (SSSR count). The third kappa shape index (κ3) is 3.34. The molecule has 2 aromatic rings. The molecule has 4 amide bonds. The molecule has 1 N–H and O–H groups in total. The molecule has 0 aliphatic carbocycles. The molecule has 0 saturated carbocycles. The zero-order chi connectivity index (χ0) is 22.2. The van der Waals surface area contributed by atoms with E-state index in [0.29, 0.717) is 24.3 Å². The van der Waals surface area contributed by atoms with Crippen LogP contribution in [0, 0.1) is 0 Å². The molecule has 0 bridgehead atoms. The Morgan fingerprint density at radius 1 is 1.16 bits per heavy atom. The van der Waals surface area contributed by atoms with Crippen molar-refractivity contribution in [3.63, 3.8) is 0 Å². The van der Waals surface area contributed by atoms with Crippen molar-refractivity contribution >= 4 is 23.5 Å². The number of ether oxygens (including phenoxy) is 1. The summed E-state index contributed by atoms with van der Waals surface area (Å²) in [6.45, 7) is 4.16. The van der Waals surface area contributed by atoms with Crippen molar-refractivity contribution in [2.45, 2.75) is 38.1 Å². The summed E-state index contributed by atoms with van der Waals surface area (Å²) in [5, 5.41) is 2.83. The maximum absolute atomic E-state index is 13.4. The Balaban J connectivity index is 1.62. The van der Waals surface area contributed by atoms with Crippen LogP contribution in [0.1, 0.15) is 43.7 Å². The van der Waals surface area contributed by atoms with Crippen LogP contribution in [0.2, 0.25) is 0 Å². The maximum atomic E-state index is 13.4. The van der Waals surface area contributed by atoms with Crippen LogP contribution >= 0.6 is 0 Å². The molecule has 1 saturated heterocycles. The topological polar surface area (TPSA) is 79.0 Å². The second kappa shape index (κ2) is 8.06. The first kappa shape index (κ1) is 20.9. The lowest BCUT2D eigenvalue weighted by molar-refractivity contribution is -0.134. The van der Waals surface area contributed by atoms with Crippen molar-refractivity contribution in [1.29, 1.82) is 0 Å². The van der Waals surface area contributed by atoms with Crippen molar-refractivity contribution in [3.05, 3.63) is 59.7 Å². The Labute approximate surface area is 182 Å². The zero-order valence-electron chi connectivity index (χ0n) is 18.1. The number of imide groups is 1. The van der Waals surface area contributed by atoms with E-state index in [9.17, 15) is 14.4 Å². The van der Waals surface area contributed by atoms with E-state index in [2.05, 4.69) is 12.2 Å². The summed E-state index contributed by atoms with van der Waals surface area (Å²) in [6.07, 6.45) is 1.19. The fraction of sp³-hybridized carbons (Fsp3) is 0.375. The van der Waals surface area contributed by atoms with Gasteiger partial charge in [-0.3, -0.25) is 14.5 Å². The fourth-order valence-corrected chi connectivity index (χ4v) is 4.58. The summed E-state index contributed by atoms with van der Waals surface area (Å²) < 4.78 is 5.51. The minimum atomic E-state index is -1.15. The molecule has 2 aliphatic rings. The molecule has 1 fully saturated rings. The Bertz CT molecular complexity index is 1020. The molecule has 0 unspecified atom stereocenters. The summed E-state index contributed by atoms with van der Waals surface area (Å²) >= 11 is 0. The zero-order valence-corrected chi connectivity index (χ0v) is 18.1. The van der Waals surface area contributed by atoms with Gasteiger partial charge in [-0.25, -0.2) is 4.79 Å². The standard InChI is InChI=1S/C24H27N3O4/c1-4-24(17-9-6-5-7-10-17)22(29)27(23(30)25-24)15-20(28)26-14-13-16(2)18-11-8-12-19(31-3)21(18)26/h5-12,16H,4,13-15H2,1-3H3,(H,25,30)/t16-,24+/m1/s1. The highest BCUT2D eigenvalue weighted by Gasteiger charge is 2.52. The van der Waals surface area contributed by atoms with E-state index in [1.54, 1.807) is 12.0 Å². The normalized spacial score (nSPS) is 22.9. The van der Waals surface area contributed by atoms with Gasteiger partial charge in [0.15, 0.2) is 0 Å². The predicted molar refractivity (Wildman–Crippen MR) is 117 cm³/mol. The molecule has 0 aromatic heterocycles. The fourth-order valence-electron chi connectivity index (χ4n) is 4.58. The van der Waals surface area contributed by atoms with Gasteiger partial charge in [0.1, 0.15) is 17.8 Å². The number of nitrogens with one attached hydrogen (secondary N) is 1. The minimum Gasteiger partial charge on any atom is -0.495 e. The van der Waals surface area contributed by atoms with Crippen LogP contribution in [0.15, 0.2) is 48.5 Å². The van der Waals surface area contributed by atoms with E-state index < -0.39 is 17.5 Å². The number of hydrogen-bond donors (Lipinski definition) is 1. The van der Waals surface area contributed by atoms with Crippen molar-refractivity contribution in [2.75, 3.05) is 25.1 Å². The average Bonchev–Trinajstić information content (AvgIpc) is 3.04. The number of rotatable bonds is 5. The molecular formula is C24H27N3O4. The minimum absolute atomic E-state index is 0.289. The number of fused-ring (bicyclic) bond motifs is 1. The second-order valence-corrected chi connectivity index (χ2v) is 8.08. The van der Waals surface area contributed by atoms with Gasteiger partial charge in [0.25, 0.3) is 5.91 Å². The smallest absolute Gasteiger partial charge is 0.325 e. The largest absolute Gasteiger partial charge is 0.495 e. The molecule has 2 aromatic carbocycles. The lowest BCUT2D eigenvalue weighted by Gasteiger charge is -2.34. The SMILES string of the molecule is CC[C@@]1(c2ccccc2)NC(=O)N(CC(=O)N2CC[C@@H](C)c3cccc(OC)c32)C1=O. The summed E-state index contributed by atoms with van der Waals surface area (Å²) in [5.41, 5.74) is 1.32. The molecule has 7 heteroatoms. The lowest BCUT2D eigenvalue weighted by Crippen LogP contribution is -2.46. The van der Waals surface area contributed by atoms with E-state index in [-0.39, 0.29) is 18.4 Å². The van der Waals surface area contributed by atoms with E-state index in [1.807, 2.05) is 55.5 Å². The van der Waals surface area contributed by atoms with Crippen LogP contribution in [-0.2, 0) is 15.1 Å². The number of para-hydroxylation sites is 1. The highest BCUT2D eigenvalue weighted by Crippen LogP contribution is 2.41. The van der Waals surface area contributed by atoms with E-state index in [4.69, 9.17) is 4.74 Å². The second-order valence-electron chi connectivity index (χ2n) is 8.08. The van der Waals surface area contributed by atoms with Gasteiger partial charge in [-0.05, 0) is 36.0 Å². The number of hydrogen-bond acceptors (Lipinski definition) is 4. The van der Waals surface area contributed by atoms with E-state index in [0.717, 1.165) is 22.6 Å². The Morgan fingerprint density at radius 2 is 1.90 bits per heavy atom. The van der Waals surface area contributed by atoms with Crippen molar-refractivity contribution < 1.29 is 19.1 Å². The summed E-state index contributed by atoms with van der Waals surface area (Å²) in [5.74, 6) is 0.199. The first-order chi connectivity index (χ1) is 14.9. The molecule has 31 heavy (non-hydrogen) atoms. The molecular weight excluding hydrogens is 394 g/mol. The van der Waals surface area contributed by atoms with Crippen LogP contribution in [0.4, 0.5) is 10.5 Å². The number of nitrogens with zero attached hydrogens (tertiary/aromatic N) is 2. The number of carbonyl (C=O) groups excluding carboxylic acids is 3. The van der Waals surface area contributed by atoms with E-state index >= 15 is 0 Å². The third-order valence-electron chi connectivity index (χ3n) is 6.40. The Kier molecular flexibility index (Phi) is 5.43. The monoisotopic (exact) mass is 421 g/mol. The van der Waals surface area contributed by atoms with Gasteiger partial charge in [0.05, 0.1) is 12.8 Å². The van der Waals surface area contributed by atoms with Crippen molar-refractivity contribution in [1.82, 2.24) is 10.2 Å². The maximum Gasteiger partial charge on any atom is 0.325 e. The molecule has 7 nitrogen and oxygen atoms in total. The molecule has 2 aliphatic heterocycles. The van der Waals surface area contributed by atoms with E-state index in [1.165, 1.54) is 0 Å². The highest BCUT2D eigenvalue weighted by atomic mass is 16.5. The molecule has 0 spiro atoms. The third-order valence-corrected chi connectivity index (χ3v) is 6.40. The van der Waals surface area contributed by atoms with Crippen molar-refractivity contribution in [2.24, 2.45) is 0 Å². The number of carbonyl (C=O) groups is 3. The molecule has 0 radical (unpaired) electrons. The predicted octanol–water partition coefficient (Wildman–Crippen LogP) is 3.39. The first-order valence-electron chi connectivity index (χ1n) is 10.6. The number of urea groups is 1. The van der Waals surface area contributed by atoms with Gasteiger partial charge in [0.2, 0.25) is 5.91 Å². The Hall–Kier alpha value is -3.35. The molecule has 2 heterocycles. The lowest BCUT2D eigenvalue weighted by atomic mass is 9.87. The van der Waals surface area contributed by atoms with Crippen LogP contribution in [-0.4, -0.2) is 42.9 Å². The molecule has 2 atom stereocenters. The van der Waals surface area contributed by atoms with Crippen LogP contribution in [0.5, 0.6) is 5.75 Å². The van der Waals surface area contributed by atoms with Gasteiger partial charge >= 0.3 is 6.03 Å². The van der Waals surface area contributed by atoms with Gasteiger partial charge < -0.3 is 15.0 Å². The Morgan fingerprint density at radius 3 is 2.58 bits per heavy atom. The summed E-state index contributed by atoms with van der Waals surface area (Å²) in [7, 11) is 1.57. The first-order valence-corrected chi connectivity index (χ1v) is 10.6.